The second-order valence-electron chi connectivity index (χ2n) is 7.47. The smallest absolute Gasteiger partial charge is 0.253 e. The van der Waals surface area contributed by atoms with Crippen LogP contribution in [0.4, 0.5) is 0 Å². The summed E-state index contributed by atoms with van der Waals surface area (Å²) in [7, 11) is 0. The highest BCUT2D eigenvalue weighted by atomic mass is 16.5. The van der Waals surface area contributed by atoms with Crippen molar-refractivity contribution in [2.75, 3.05) is 32.8 Å². The first kappa shape index (κ1) is 17.4. The number of nitrogens with zero attached hydrogens (tertiary/aromatic N) is 4. The Morgan fingerprint density at radius 3 is 2.58 bits per heavy atom. The van der Waals surface area contributed by atoms with E-state index in [9.17, 15) is 4.79 Å². The van der Waals surface area contributed by atoms with E-state index in [-0.39, 0.29) is 5.56 Å². The summed E-state index contributed by atoms with van der Waals surface area (Å²) >= 11 is 0. The van der Waals surface area contributed by atoms with E-state index in [1.54, 1.807) is 29.4 Å². The first-order valence-corrected chi connectivity index (χ1v) is 9.55. The lowest BCUT2D eigenvalue weighted by Crippen LogP contribution is -2.39. The van der Waals surface area contributed by atoms with Crippen molar-refractivity contribution in [1.82, 2.24) is 19.4 Å². The number of hydrogen-bond acceptors (Lipinski definition) is 5. The van der Waals surface area contributed by atoms with Gasteiger partial charge in [-0.1, -0.05) is 0 Å². The second-order valence-corrected chi connectivity index (χ2v) is 7.47. The van der Waals surface area contributed by atoms with Crippen molar-refractivity contribution in [3.8, 4) is 11.3 Å². The average Bonchev–Trinajstić information content (AvgIpc) is 3.19. The molecule has 0 bridgehead atoms. The fourth-order valence-electron chi connectivity index (χ4n) is 3.97. The number of rotatable bonds is 5. The highest BCUT2D eigenvalue weighted by molar-refractivity contribution is 5.57. The Labute approximate surface area is 153 Å². The van der Waals surface area contributed by atoms with Gasteiger partial charge in [0.2, 0.25) is 0 Å². The highest BCUT2D eigenvalue weighted by Gasteiger charge is 2.24. The molecule has 26 heavy (non-hydrogen) atoms. The summed E-state index contributed by atoms with van der Waals surface area (Å²) in [4.78, 5) is 23.5. The maximum absolute atomic E-state index is 12.5. The third-order valence-electron chi connectivity index (χ3n) is 5.56. The van der Waals surface area contributed by atoms with Crippen LogP contribution in [0.2, 0.25) is 0 Å². The van der Waals surface area contributed by atoms with E-state index in [4.69, 9.17) is 4.74 Å². The van der Waals surface area contributed by atoms with Gasteiger partial charge in [-0.25, -0.2) is 4.98 Å². The van der Waals surface area contributed by atoms with Crippen molar-refractivity contribution in [2.24, 2.45) is 11.8 Å². The first-order chi connectivity index (χ1) is 12.8. The van der Waals surface area contributed by atoms with Gasteiger partial charge in [-0.05, 0) is 56.3 Å². The summed E-state index contributed by atoms with van der Waals surface area (Å²) in [6, 6.07) is 5.37. The molecule has 1 unspecified atom stereocenters. The molecule has 6 heteroatoms. The van der Waals surface area contributed by atoms with Crippen molar-refractivity contribution in [2.45, 2.75) is 25.8 Å². The van der Waals surface area contributed by atoms with E-state index >= 15 is 0 Å². The molecule has 0 aliphatic carbocycles. The van der Waals surface area contributed by atoms with Crippen LogP contribution in [0.3, 0.4) is 0 Å². The molecule has 2 fully saturated rings. The Morgan fingerprint density at radius 2 is 1.88 bits per heavy atom. The zero-order valence-electron chi connectivity index (χ0n) is 15.1. The molecule has 4 heterocycles. The van der Waals surface area contributed by atoms with Gasteiger partial charge in [0.25, 0.3) is 5.56 Å². The monoisotopic (exact) mass is 354 g/mol. The lowest BCUT2D eigenvalue weighted by Gasteiger charge is -2.33. The molecule has 0 N–H and O–H groups in total. The molecule has 4 rings (SSSR count). The van der Waals surface area contributed by atoms with Crippen LogP contribution in [-0.2, 0) is 11.3 Å². The van der Waals surface area contributed by atoms with Gasteiger partial charge in [-0.3, -0.25) is 14.3 Å². The predicted molar refractivity (Wildman–Crippen MR) is 99.8 cm³/mol. The van der Waals surface area contributed by atoms with Crippen molar-refractivity contribution in [3.05, 3.63) is 47.3 Å². The van der Waals surface area contributed by atoms with E-state index in [2.05, 4.69) is 14.9 Å². The zero-order chi connectivity index (χ0) is 17.8. The van der Waals surface area contributed by atoms with Crippen LogP contribution in [0.1, 0.15) is 19.3 Å². The van der Waals surface area contributed by atoms with Crippen LogP contribution in [0.25, 0.3) is 11.3 Å². The lowest BCUT2D eigenvalue weighted by molar-refractivity contribution is 0.135. The van der Waals surface area contributed by atoms with Crippen LogP contribution >= 0.6 is 0 Å². The topological polar surface area (TPSA) is 60.2 Å². The molecule has 0 saturated carbocycles. The molecule has 138 valence electrons. The summed E-state index contributed by atoms with van der Waals surface area (Å²) in [6.07, 6.45) is 8.62. The number of piperidine rings is 1. The van der Waals surface area contributed by atoms with Crippen LogP contribution in [0, 0.1) is 11.8 Å². The Kier molecular flexibility index (Phi) is 5.41. The largest absolute Gasteiger partial charge is 0.381 e. The minimum atomic E-state index is 0.0253. The van der Waals surface area contributed by atoms with Gasteiger partial charge in [0.1, 0.15) is 0 Å². The number of hydrogen-bond donors (Lipinski definition) is 0. The summed E-state index contributed by atoms with van der Waals surface area (Å²) in [5, 5.41) is 0. The number of likely N-dealkylation sites (tertiary alicyclic amines) is 1. The fraction of sp³-hybridized carbons (Fsp3) is 0.550. The lowest BCUT2D eigenvalue weighted by atomic mass is 9.95. The van der Waals surface area contributed by atoms with Crippen LogP contribution < -0.4 is 5.56 Å². The molecular weight excluding hydrogens is 328 g/mol. The fourth-order valence-corrected chi connectivity index (χ4v) is 3.97. The van der Waals surface area contributed by atoms with Gasteiger partial charge in [-0.2, -0.15) is 0 Å². The number of aromatic nitrogens is 3. The number of pyridine rings is 1. The summed E-state index contributed by atoms with van der Waals surface area (Å²) < 4.78 is 7.24. The van der Waals surface area contributed by atoms with Gasteiger partial charge in [0, 0.05) is 43.7 Å². The molecule has 2 aliphatic rings. The zero-order valence-corrected chi connectivity index (χ0v) is 15.1. The van der Waals surface area contributed by atoms with Crippen molar-refractivity contribution in [1.29, 1.82) is 0 Å². The average molecular weight is 354 g/mol. The molecule has 2 aliphatic heterocycles. The molecule has 2 aromatic rings. The molecule has 0 amide bonds. The Morgan fingerprint density at radius 1 is 1.08 bits per heavy atom. The third kappa shape index (κ3) is 4.19. The standard InChI is InChI=1S/C20H26N4O2/c25-20-11-19(18-1-6-21-7-2-18)22-15-24(20)13-16-3-8-23(9-4-16)12-17-5-10-26-14-17/h1-2,6-7,11,15-17H,3-5,8-10,12-14H2. The minimum Gasteiger partial charge on any atom is -0.381 e. The predicted octanol–water partition coefficient (Wildman–Crippen LogP) is 2.05. The summed E-state index contributed by atoms with van der Waals surface area (Å²) in [5.41, 5.74) is 1.66. The molecule has 2 aromatic heterocycles. The van der Waals surface area contributed by atoms with Crippen LogP contribution in [-0.4, -0.2) is 52.3 Å². The maximum Gasteiger partial charge on any atom is 0.253 e. The third-order valence-corrected chi connectivity index (χ3v) is 5.56. The molecule has 1 atom stereocenters. The summed E-state index contributed by atoms with van der Waals surface area (Å²) in [6.45, 7) is 6.02. The van der Waals surface area contributed by atoms with E-state index in [1.165, 1.54) is 6.42 Å². The van der Waals surface area contributed by atoms with Gasteiger partial charge < -0.3 is 9.64 Å². The van der Waals surface area contributed by atoms with Gasteiger partial charge in [0.05, 0.1) is 18.6 Å². The van der Waals surface area contributed by atoms with Crippen molar-refractivity contribution >= 4 is 0 Å². The van der Waals surface area contributed by atoms with Crippen LogP contribution in [0.15, 0.2) is 41.7 Å². The minimum absolute atomic E-state index is 0.0253. The van der Waals surface area contributed by atoms with E-state index < -0.39 is 0 Å². The SMILES string of the molecule is O=c1cc(-c2ccncc2)ncn1CC1CCN(CC2CCOC2)CC1. The van der Waals surface area contributed by atoms with Gasteiger partial charge in [-0.15, -0.1) is 0 Å². The molecule has 0 aromatic carbocycles. The van der Waals surface area contributed by atoms with E-state index in [1.807, 2.05) is 12.1 Å². The molecule has 6 nitrogen and oxygen atoms in total. The Bertz CT molecular complexity index is 763. The first-order valence-electron chi connectivity index (χ1n) is 9.55. The molecule has 0 radical (unpaired) electrons. The quantitative estimate of drug-likeness (QED) is 0.822. The van der Waals surface area contributed by atoms with Crippen molar-refractivity contribution in [3.63, 3.8) is 0 Å². The maximum atomic E-state index is 12.5. The molecule has 0 spiro atoms. The van der Waals surface area contributed by atoms with E-state index in [0.29, 0.717) is 17.5 Å². The highest BCUT2D eigenvalue weighted by Crippen LogP contribution is 2.22. The normalized spacial score (nSPS) is 21.9. The number of ether oxygens (including phenoxy) is 1. The molecule has 2 saturated heterocycles. The van der Waals surface area contributed by atoms with Gasteiger partial charge in [0.15, 0.2) is 0 Å². The Hall–Kier alpha value is -2.05. The summed E-state index contributed by atoms with van der Waals surface area (Å²) in [5.74, 6) is 1.26. The molecular formula is C20H26N4O2. The second kappa shape index (κ2) is 8.10. The van der Waals surface area contributed by atoms with Crippen molar-refractivity contribution < 1.29 is 4.74 Å². The Balaban J connectivity index is 1.32. The van der Waals surface area contributed by atoms with E-state index in [0.717, 1.165) is 57.8 Å². The van der Waals surface area contributed by atoms with Crippen LogP contribution in [0.5, 0.6) is 0 Å². The van der Waals surface area contributed by atoms with Gasteiger partial charge >= 0.3 is 0 Å².